The zero-order chi connectivity index (χ0) is 23.6. The molecule has 9 heteroatoms. The van der Waals surface area contributed by atoms with Gasteiger partial charge in [-0.15, -0.1) is 10.2 Å². The second-order valence-electron chi connectivity index (χ2n) is 9.05. The van der Waals surface area contributed by atoms with Crippen LogP contribution >= 0.6 is 15.9 Å². The van der Waals surface area contributed by atoms with Crippen LogP contribution in [0.2, 0.25) is 0 Å². The lowest BCUT2D eigenvalue weighted by Crippen LogP contribution is -2.47. The molecule has 1 aliphatic rings. The van der Waals surface area contributed by atoms with E-state index >= 15 is 0 Å². The maximum atomic E-state index is 12.5. The van der Waals surface area contributed by atoms with Crippen molar-refractivity contribution in [3.8, 4) is 17.0 Å². The Morgan fingerprint density at radius 1 is 1.24 bits per heavy atom. The van der Waals surface area contributed by atoms with Gasteiger partial charge in [0.15, 0.2) is 5.82 Å². The van der Waals surface area contributed by atoms with Gasteiger partial charge in [-0.1, -0.05) is 15.9 Å². The van der Waals surface area contributed by atoms with E-state index in [0.717, 1.165) is 33.8 Å². The number of likely N-dealkylation sites (tertiary alicyclic amines) is 1. The summed E-state index contributed by atoms with van der Waals surface area (Å²) in [5.74, 6) is 1.30. The Kier molecular flexibility index (Phi) is 6.69. The van der Waals surface area contributed by atoms with Gasteiger partial charge in [0, 0.05) is 40.8 Å². The molecular weight excluding hydrogens is 486 g/mol. The number of aromatic nitrogens is 3. The molecule has 0 aliphatic carbocycles. The first-order chi connectivity index (χ1) is 15.7. The van der Waals surface area contributed by atoms with Gasteiger partial charge in [0.2, 0.25) is 0 Å². The Morgan fingerprint density at radius 3 is 2.82 bits per heavy atom. The molecule has 0 unspecified atom stereocenters. The fourth-order valence-electron chi connectivity index (χ4n) is 3.92. The number of pyridine rings is 1. The van der Waals surface area contributed by atoms with E-state index in [1.54, 1.807) is 18.2 Å². The molecule has 1 saturated heterocycles. The summed E-state index contributed by atoms with van der Waals surface area (Å²) in [5.41, 5.74) is 1.74. The minimum absolute atomic E-state index is 0.0267. The SMILES string of the molecule is COc1cc(Br)ccc1-c1nnc(N[C@@H]2CCCN(C(=O)OC(C)(C)C)C2)c2ncccc12. The van der Waals surface area contributed by atoms with Crippen LogP contribution in [0.25, 0.3) is 22.2 Å². The summed E-state index contributed by atoms with van der Waals surface area (Å²) in [6.45, 7) is 6.84. The molecule has 8 nitrogen and oxygen atoms in total. The van der Waals surface area contributed by atoms with Crippen LogP contribution in [-0.4, -0.2) is 58.0 Å². The number of hydrogen-bond donors (Lipinski definition) is 1. The molecule has 0 spiro atoms. The van der Waals surface area contributed by atoms with Crippen molar-refractivity contribution in [1.82, 2.24) is 20.1 Å². The van der Waals surface area contributed by atoms with Crippen molar-refractivity contribution in [3.63, 3.8) is 0 Å². The largest absolute Gasteiger partial charge is 0.496 e. The second kappa shape index (κ2) is 9.51. The quantitative estimate of drug-likeness (QED) is 0.507. The van der Waals surface area contributed by atoms with Gasteiger partial charge in [-0.2, -0.15) is 0 Å². The number of ether oxygens (including phenoxy) is 2. The van der Waals surface area contributed by atoms with Gasteiger partial charge < -0.3 is 19.7 Å². The number of halogens is 1. The Bertz CT molecular complexity index is 1160. The third kappa shape index (κ3) is 5.35. The summed E-state index contributed by atoms with van der Waals surface area (Å²) in [6.07, 6.45) is 3.24. The van der Waals surface area contributed by atoms with Crippen molar-refractivity contribution >= 4 is 38.7 Å². The molecule has 3 aromatic rings. The van der Waals surface area contributed by atoms with Gasteiger partial charge in [-0.25, -0.2) is 4.79 Å². The molecule has 2 aromatic heterocycles. The molecule has 174 valence electrons. The zero-order valence-corrected chi connectivity index (χ0v) is 20.8. The minimum Gasteiger partial charge on any atom is -0.496 e. The van der Waals surface area contributed by atoms with Crippen molar-refractivity contribution in [2.45, 2.75) is 45.3 Å². The van der Waals surface area contributed by atoms with E-state index in [1.807, 2.05) is 51.1 Å². The van der Waals surface area contributed by atoms with E-state index in [2.05, 4.69) is 36.4 Å². The maximum Gasteiger partial charge on any atom is 0.410 e. The fraction of sp³-hybridized carbons (Fsp3) is 0.417. The molecule has 1 amide bonds. The van der Waals surface area contributed by atoms with Crippen LogP contribution in [0.1, 0.15) is 33.6 Å². The van der Waals surface area contributed by atoms with E-state index in [0.29, 0.717) is 30.4 Å². The van der Waals surface area contributed by atoms with Crippen molar-refractivity contribution in [2.75, 3.05) is 25.5 Å². The second-order valence-corrected chi connectivity index (χ2v) is 9.97. The molecule has 1 aliphatic heterocycles. The molecule has 1 N–H and O–H groups in total. The summed E-state index contributed by atoms with van der Waals surface area (Å²) >= 11 is 3.48. The number of carbonyl (C=O) groups is 1. The predicted molar refractivity (Wildman–Crippen MR) is 131 cm³/mol. The fourth-order valence-corrected chi connectivity index (χ4v) is 4.26. The molecule has 0 saturated carbocycles. The first kappa shape index (κ1) is 23.2. The summed E-state index contributed by atoms with van der Waals surface area (Å²) in [7, 11) is 1.63. The molecular formula is C24H28BrN5O3. The maximum absolute atomic E-state index is 12.5. The summed E-state index contributed by atoms with van der Waals surface area (Å²) in [4.78, 5) is 18.9. The third-order valence-corrected chi connectivity index (χ3v) is 5.86. The molecule has 4 rings (SSSR count). The van der Waals surface area contributed by atoms with E-state index in [4.69, 9.17) is 9.47 Å². The Hall–Kier alpha value is -2.94. The van der Waals surface area contributed by atoms with Gasteiger partial charge in [-0.05, 0) is 63.9 Å². The lowest BCUT2D eigenvalue weighted by atomic mass is 10.0. The number of nitrogens with zero attached hydrogens (tertiary/aromatic N) is 4. The van der Waals surface area contributed by atoms with Crippen molar-refractivity contribution in [3.05, 3.63) is 41.0 Å². The number of amides is 1. The Balaban J connectivity index is 1.61. The van der Waals surface area contributed by atoms with Crippen LogP contribution in [0.5, 0.6) is 5.75 Å². The molecule has 1 atom stereocenters. The first-order valence-corrected chi connectivity index (χ1v) is 11.7. The molecule has 1 aromatic carbocycles. The molecule has 1 fully saturated rings. The van der Waals surface area contributed by atoms with Crippen molar-refractivity contribution in [2.24, 2.45) is 0 Å². The lowest BCUT2D eigenvalue weighted by molar-refractivity contribution is 0.0206. The van der Waals surface area contributed by atoms with E-state index in [1.165, 1.54) is 0 Å². The first-order valence-electron chi connectivity index (χ1n) is 10.9. The number of rotatable bonds is 4. The van der Waals surface area contributed by atoms with Crippen LogP contribution in [0.3, 0.4) is 0 Å². The van der Waals surface area contributed by atoms with Gasteiger partial charge in [0.1, 0.15) is 22.6 Å². The highest BCUT2D eigenvalue weighted by Gasteiger charge is 2.28. The number of fused-ring (bicyclic) bond motifs is 1. The average molecular weight is 514 g/mol. The number of carbonyl (C=O) groups excluding carboxylic acids is 1. The number of hydrogen-bond acceptors (Lipinski definition) is 7. The van der Waals surface area contributed by atoms with Gasteiger partial charge in [0.05, 0.1) is 7.11 Å². The monoisotopic (exact) mass is 513 g/mol. The smallest absolute Gasteiger partial charge is 0.410 e. The van der Waals surface area contributed by atoms with E-state index in [9.17, 15) is 4.79 Å². The topological polar surface area (TPSA) is 89.5 Å². The number of benzene rings is 1. The van der Waals surface area contributed by atoms with Gasteiger partial charge in [0.25, 0.3) is 0 Å². The highest BCUT2D eigenvalue weighted by molar-refractivity contribution is 9.10. The van der Waals surface area contributed by atoms with Crippen LogP contribution < -0.4 is 10.1 Å². The molecule has 0 radical (unpaired) electrons. The van der Waals surface area contributed by atoms with E-state index in [-0.39, 0.29) is 12.1 Å². The third-order valence-electron chi connectivity index (χ3n) is 5.37. The summed E-state index contributed by atoms with van der Waals surface area (Å²) in [6, 6.07) is 9.69. The van der Waals surface area contributed by atoms with E-state index < -0.39 is 5.60 Å². The lowest BCUT2D eigenvalue weighted by Gasteiger charge is -2.34. The highest BCUT2D eigenvalue weighted by atomic mass is 79.9. The number of anilines is 1. The molecule has 3 heterocycles. The minimum atomic E-state index is -0.521. The van der Waals surface area contributed by atoms with Crippen molar-refractivity contribution in [1.29, 1.82) is 0 Å². The summed E-state index contributed by atoms with van der Waals surface area (Å²) < 4.78 is 12.0. The van der Waals surface area contributed by atoms with Crippen LogP contribution in [-0.2, 0) is 4.74 Å². The normalized spacial score (nSPS) is 16.5. The van der Waals surface area contributed by atoms with Gasteiger partial charge in [-0.3, -0.25) is 4.98 Å². The van der Waals surface area contributed by atoms with Gasteiger partial charge >= 0.3 is 6.09 Å². The van der Waals surface area contributed by atoms with Crippen LogP contribution in [0.15, 0.2) is 41.0 Å². The number of piperidine rings is 1. The highest BCUT2D eigenvalue weighted by Crippen LogP contribution is 2.36. The zero-order valence-electron chi connectivity index (χ0n) is 19.3. The Labute approximate surface area is 201 Å². The number of methoxy groups -OCH3 is 1. The number of nitrogens with one attached hydrogen (secondary N) is 1. The molecule has 33 heavy (non-hydrogen) atoms. The summed E-state index contributed by atoms with van der Waals surface area (Å²) in [5, 5.41) is 13.3. The Morgan fingerprint density at radius 2 is 2.06 bits per heavy atom. The van der Waals surface area contributed by atoms with Crippen LogP contribution in [0.4, 0.5) is 10.6 Å². The van der Waals surface area contributed by atoms with Crippen LogP contribution in [0, 0.1) is 0 Å². The predicted octanol–water partition coefficient (Wildman–Crippen LogP) is 5.27. The average Bonchev–Trinajstić information content (AvgIpc) is 2.78. The molecule has 0 bridgehead atoms. The van der Waals surface area contributed by atoms with Crippen molar-refractivity contribution < 1.29 is 14.3 Å². The standard InChI is InChI=1S/C24H28BrN5O3/c1-24(2,3)33-23(31)30-12-6-7-16(14-30)27-22-21-18(8-5-11-26-21)20(28-29-22)17-10-9-15(25)13-19(17)32-4/h5,8-11,13,16H,6-7,12,14H2,1-4H3,(H,27,29)/t16-/m1/s1.